The highest BCUT2D eigenvalue weighted by Gasteiger charge is 2.21. The number of aromatic nitrogens is 3. The SMILES string of the molecule is Cl.O=C(c1ccc2ccccc2c1)N(CCCn1ccnc1)c1nc2ccc(Br)cc2s1. The number of nitrogens with zero attached hydrogens (tertiary/aromatic N) is 4. The van der Waals surface area contributed by atoms with Crippen LogP contribution >= 0.6 is 39.7 Å². The minimum atomic E-state index is -0.0329. The van der Waals surface area contributed by atoms with Gasteiger partial charge in [0.1, 0.15) is 0 Å². The summed E-state index contributed by atoms with van der Waals surface area (Å²) in [6.07, 6.45) is 6.30. The number of imidazole rings is 1. The minimum absolute atomic E-state index is 0. The van der Waals surface area contributed by atoms with Crippen molar-refractivity contribution in [3.05, 3.63) is 89.4 Å². The largest absolute Gasteiger partial charge is 0.337 e. The predicted octanol–water partition coefficient (Wildman–Crippen LogP) is 6.57. The van der Waals surface area contributed by atoms with E-state index in [0.717, 1.165) is 43.6 Å². The highest BCUT2D eigenvalue weighted by atomic mass is 79.9. The van der Waals surface area contributed by atoms with Crippen molar-refractivity contribution in [3.63, 3.8) is 0 Å². The molecule has 0 aliphatic heterocycles. The fraction of sp³-hybridized carbons (Fsp3) is 0.125. The number of thiazole rings is 1. The van der Waals surface area contributed by atoms with E-state index in [1.165, 1.54) is 11.3 Å². The van der Waals surface area contributed by atoms with Crippen LogP contribution in [0.1, 0.15) is 16.8 Å². The summed E-state index contributed by atoms with van der Waals surface area (Å²) in [6, 6.07) is 19.9. The molecule has 0 bridgehead atoms. The monoisotopic (exact) mass is 526 g/mol. The number of fused-ring (bicyclic) bond motifs is 2. The van der Waals surface area contributed by atoms with Crippen molar-refractivity contribution in [2.24, 2.45) is 0 Å². The first kappa shape index (κ1) is 22.5. The van der Waals surface area contributed by atoms with Crippen molar-refractivity contribution >= 4 is 71.7 Å². The van der Waals surface area contributed by atoms with Gasteiger partial charge in [-0.05, 0) is 47.5 Å². The third-order valence-electron chi connectivity index (χ3n) is 5.17. The maximum Gasteiger partial charge on any atom is 0.260 e. The first-order valence-corrected chi connectivity index (χ1v) is 11.6. The van der Waals surface area contributed by atoms with E-state index in [9.17, 15) is 4.79 Å². The van der Waals surface area contributed by atoms with E-state index >= 15 is 0 Å². The molecule has 8 heteroatoms. The molecule has 0 radical (unpaired) electrons. The number of amides is 1. The van der Waals surface area contributed by atoms with Crippen molar-refractivity contribution in [1.29, 1.82) is 0 Å². The molecule has 5 nitrogen and oxygen atoms in total. The summed E-state index contributed by atoms with van der Waals surface area (Å²) < 4.78 is 4.08. The van der Waals surface area contributed by atoms with Crippen LogP contribution < -0.4 is 4.90 Å². The molecule has 5 rings (SSSR count). The van der Waals surface area contributed by atoms with E-state index in [-0.39, 0.29) is 18.3 Å². The lowest BCUT2D eigenvalue weighted by molar-refractivity contribution is 0.0986. The molecule has 0 aliphatic rings. The van der Waals surface area contributed by atoms with Crippen LogP contribution in [0.5, 0.6) is 0 Å². The molecule has 0 spiro atoms. The molecule has 162 valence electrons. The van der Waals surface area contributed by atoms with Crippen LogP contribution in [0, 0.1) is 0 Å². The van der Waals surface area contributed by atoms with Crippen LogP contribution in [0.4, 0.5) is 5.13 Å². The minimum Gasteiger partial charge on any atom is -0.337 e. The Labute approximate surface area is 204 Å². The molecule has 0 aliphatic carbocycles. The van der Waals surface area contributed by atoms with Crippen molar-refractivity contribution in [2.45, 2.75) is 13.0 Å². The fourth-order valence-corrected chi connectivity index (χ4v) is 5.14. The lowest BCUT2D eigenvalue weighted by Gasteiger charge is -2.20. The second-order valence-corrected chi connectivity index (χ2v) is 9.21. The average Bonchev–Trinajstić information content (AvgIpc) is 3.45. The quantitative estimate of drug-likeness (QED) is 0.251. The molecule has 0 saturated carbocycles. The van der Waals surface area contributed by atoms with Gasteiger partial charge >= 0.3 is 0 Å². The smallest absolute Gasteiger partial charge is 0.260 e. The lowest BCUT2D eigenvalue weighted by Crippen LogP contribution is -2.32. The molecule has 0 atom stereocenters. The molecule has 0 N–H and O–H groups in total. The van der Waals surface area contributed by atoms with Gasteiger partial charge in [-0.3, -0.25) is 9.69 Å². The standard InChI is InChI=1S/C24H19BrN4OS.ClH/c25-20-8-9-21-22(15-20)31-24(27-21)29(12-3-11-28-13-10-26-16-28)23(30)19-7-6-17-4-1-2-5-18(17)14-19;/h1-2,4-10,13-16H,3,11-12H2;1H. The van der Waals surface area contributed by atoms with Crippen LogP contribution in [0.15, 0.2) is 83.9 Å². The molecule has 3 aromatic carbocycles. The van der Waals surface area contributed by atoms with Crippen LogP contribution in [0.25, 0.3) is 21.0 Å². The molecule has 0 fully saturated rings. The fourth-order valence-electron chi connectivity index (χ4n) is 3.59. The molecule has 32 heavy (non-hydrogen) atoms. The number of carbonyl (C=O) groups is 1. The van der Waals surface area contributed by atoms with Crippen molar-refractivity contribution in [2.75, 3.05) is 11.4 Å². The molecule has 1 amide bonds. The third-order valence-corrected chi connectivity index (χ3v) is 6.70. The van der Waals surface area contributed by atoms with Crippen molar-refractivity contribution in [1.82, 2.24) is 14.5 Å². The summed E-state index contributed by atoms with van der Waals surface area (Å²) in [5, 5.41) is 2.90. The highest BCUT2D eigenvalue weighted by molar-refractivity contribution is 9.10. The van der Waals surface area contributed by atoms with Gasteiger partial charge in [0.05, 0.1) is 16.5 Å². The molecule has 2 heterocycles. The van der Waals surface area contributed by atoms with Gasteiger partial charge in [-0.25, -0.2) is 9.97 Å². The maximum atomic E-state index is 13.6. The number of anilines is 1. The first-order valence-electron chi connectivity index (χ1n) is 10.00. The van der Waals surface area contributed by atoms with Crippen molar-refractivity contribution < 1.29 is 4.79 Å². The Balaban J connectivity index is 0.00000245. The van der Waals surface area contributed by atoms with E-state index in [1.54, 1.807) is 17.4 Å². The van der Waals surface area contributed by atoms with Crippen LogP contribution in [-0.2, 0) is 6.54 Å². The van der Waals surface area contributed by atoms with Crippen molar-refractivity contribution in [3.8, 4) is 0 Å². The van der Waals surface area contributed by atoms with E-state index in [2.05, 4.69) is 27.0 Å². The molecule has 0 unspecified atom stereocenters. The summed E-state index contributed by atoms with van der Waals surface area (Å²) in [7, 11) is 0. The van der Waals surface area contributed by atoms with Gasteiger partial charge in [0.25, 0.3) is 5.91 Å². The topological polar surface area (TPSA) is 51.0 Å². The van der Waals surface area contributed by atoms with Gasteiger partial charge in [-0.1, -0.05) is 57.6 Å². The zero-order valence-electron chi connectivity index (χ0n) is 17.0. The summed E-state index contributed by atoms with van der Waals surface area (Å²) in [5.41, 5.74) is 1.57. The third kappa shape index (κ3) is 4.70. The number of hydrogen-bond acceptors (Lipinski definition) is 4. The Hall–Kier alpha value is -2.74. The van der Waals surface area contributed by atoms with Gasteiger partial charge in [0.15, 0.2) is 5.13 Å². The summed E-state index contributed by atoms with van der Waals surface area (Å²) in [5.74, 6) is -0.0329. The number of benzene rings is 3. The van der Waals surface area contributed by atoms with E-state index in [1.807, 2.05) is 65.4 Å². The van der Waals surface area contributed by atoms with E-state index < -0.39 is 0 Å². The van der Waals surface area contributed by atoms with Crippen LogP contribution in [0.3, 0.4) is 0 Å². The van der Waals surface area contributed by atoms with E-state index in [0.29, 0.717) is 12.1 Å². The zero-order valence-corrected chi connectivity index (χ0v) is 20.2. The van der Waals surface area contributed by atoms with Crippen LogP contribution in [0.2, 0.25) is 0 Å². The number of rotatable bonds is 6. The van der Waals surface area contributed by atoms with E-state index in [4.69, 9.17) is 4.98 Å². The number of halogens is 2. The molecular formula is C24H20BrClN4OS. The summed E-state index contributed by atoms with van der Waals surface area (Å²) in [4.78, 5) is 24.3. The predicted molar refractivity (Wildman–Crippen MR) is 137 cm³/mol. The maximum absolute atomic E-state index is 13.6. The van der Waals surface area contributed by atoms with Gasteiger partial charge in [0, 0.05) is 35.5 Å². The van der Waals surface area contributed by atoms with Crippen LogP contribution in [-0.4, -0.2) is 27.0 Å². The van der Waals surface area contributed by atoms with Gasteiger partial charge in [-0.2, -0.15) is 0 Å². The number of carbonyl (C=O) groups excluding carboxylic acids is 1. The Kier molecular flexibility index (Phi) is 6.89. The number of hydrogen-bond donors (Lipinski definition) is 0. The molecular weight excluding hydrogens is 508 g/mol. The molecule has 0 saturated heterocycles. The summed E-state index contributed by atoms with van der Waals surface area (Å²) in [6.45, 7) is 1.36. The Morgan fingerprint density at radius 3 is 2.72 bits per heavy atom. The average molecular weight is 528 g/mol. The van der Waals surface area contributed by atoms with Gasteiger partial charge in [-0.15, -0.1) is 12.4 Å². The molecule has 5 aromatic rings. The molecule has 2 aromatic heterocycles. The highest BCUT2D eigenvalue weighted by Crippen LogP contribution is 2.32. The van der Waals surface area contributed by atoms with Gasteiger partial charge in [0.2, 0.25) is 0 Å². The lowest BCUT2D eigenvalue weighted by atomic mass is 10.1. The second kappa shape index (κ2) is 9.81. The number of aryl methyl sites for hydroxylation is 1. The Morgan fingerprint density at radius 1 is 1.06 bits per heavy atom. The second-order valence-electron chi connectivity index (χ2n) is 7.28. The Morgan fingerprint density at radius 2 is 1.91 bits per heavy atom. The normalized spacial score (nSPS) is 10.9. The first-order chi connectivity index (χ1) is 15.2. The zero-order chi connectivity index (χ0) is 21.2. The summed E-state index contributed by atoms with van der Waals surface area (Å²) >= 11 is 5.06. The van der Waals surface area contributed by atoms with Gasteiger partial charge < -0.3 is 4.57 Å². The Bertz CT molecular complexity index is 1370.